The molecule has 0 radical (unpaired) electrons. The van der Waals surface area contributed by atoms with Gasteiger partial charge in [0.15, 0.2) is 10.8 Å². The number of imidazole rings is 1. The summed E-state index contributed by atoms with van der Waals surface area (Å²) in [5.74, 6) is 0.484. The Labute approximate surface area is 115 Å². The lowest BCUT2D eigenvalue weighted by Crippen LogP contribution is -1.92. The van der Waals surface area contributed by atoms with E-state index in [4.69, 9.17) is 0 Å². The van der Waals surface area contributed by atoms with E-state index in [1.165, 1.54) is 10.5 Å². The minimum Gasteiger partial charge on any atom is -0.342 e. The number of aromatic amines is 1. The number of aromatic nitrogens is 4. The number of rotatable bonds is 3. The predicted molar refractivity (Wildman–Crippen MR) is 76.3 cm³/mol. The molecule has 3 rings (SSSR count). The number of hydrogen-bond acceptors (Lipinski definition) is 4. The SMILES string of the molecule is CC(C)c1ccccc1Sc1ncc2[nH]cnc2n1. The van der Waals surface area contributed by atoms with E-state index in [0.717, 1.165) is 10.7 Å². The van der Waals surface area contributed by atoms with E-state index in [1.807, 2.05) is 6.07 Å². The number of nitrogens with zero attached hydrogens (tertiary/aromatic N) is 3. The molecule has 0 saturated carbocycles. The minimum atomic E-state index is 0.484. The summed E-state index contributed by atoms with van der Waals surface area (Å²) in [6.45, 7) is 4.38. The molecule has 96 valence electrons. The van der Waals surface area contributed by atoms with Crippen LogP contribution in [0, 0.1) is 0 Å². The summed E-state index contributed by atoms with van der Waals surface area (Å²) < 4.78 is 0. The van der Waals surface area contributed by atoms with Crippen molar-refractivity contribution in [2.24, 2.45) is 0 Å². The predicted octanol–water partition coefficient (Wildman–Crippen LogP) is 3.63. The molecule has 3 aromatic rings. The molecule has 1 aromatic carbocycles. The molecule has 0 bridgehead atoms. The lowest BCUT2D eigenvalue weighted by molar-refractivity contribution is 0.841. The van der Waals surface area contributed by atoms with Gasteiger partial charge < -0.3 is 4.98 Å². The Morgan fingerprint density at radius 1 is 1.16 bits per heavy atom. The van der Waals surface area contributed by atoms with Crippen molar-refractivity contribution in [3.8, 4) is 0 Å². The zero-order valence-corrected chi connectivity index (χ0v) is 11.6. The summed E-state index contributed by atoms with van der Waals surface area (Å²) in [6, 6.07) is 8.37. The molecule has 0 spiro atoms. The van der Waals surface area contributed by atoms with Crippen molar-refractivity contribution >= 4 is 22.9 Å². The molecule has 19 heavy (non-hydrogen) atoms. The zero-order valence-electron chi connectivity index (χ0n) is 10.8. The first-order valence-electron chi connectivity index (χ1n) is 6.17. The Bertz CT molecular complexity index is 705. The van der Waals surface area contributed by atoms with Crippen LogP contribution < -0.4 is 0 Å². The highest BCUT2D eigenvalue weighted by Crippen LogP contribution is 2.32. The molecular weight excluding hydrogens is 256 g/mol. The normalized spacial score (nSPS) is 11.3. The summed E-state index contributed by atoms with van der Waals surface area (Å²) in [5, 5.41) is 0.729. The second-order valence-electron chi connectivity index (χ2n) is 4.59. The number of hydrogen-bond donors (Lipinski definition) is 1. The van der Waals surface area contributed by atoms with Crippen LogP contribution in [0.25, 0.3) is 11.2 Å². The molecule has 0 fully saturated rings. The van der Waals surface area contributed by atoms with Gasteiger partial charge in [-0.2, -0.15) is 0 Å². The lowest BCUT2D eigenvalue weighted by Gasteiger charge is -2.10. The molecule has 4 nitrogen and oxygen atoms in total. The van der Waals surface area contributed by atoms with Gasteiger partial charge in [-0.05, 0) is 29.3 Å². The molecule has 2 heterocycles. The number of H-pyrrole nitrogens is 1. The van der Waals surface area contributed by atoms with E-state index < -0.39 is 0 Å². The summed E-state index contributed by atoms with van der Waals surface area (Å²) in [5.41, 5.74) is 2.89. The number of benzene rings is 1. The molecule has 2 aromatic heterocycles. The van der Waals surface area contributed by atoms with Crippen LogP contribution in [0.15, 0.2) is 46.8 Å². The summed E-state index contributed by atoms with van der Waals surface area (Å²) >= 11 is 1.58. The third-order valence-electron chi connectivity index (χ3n) is 2.90. The van der Waals surface area contributed by atoms with Crippen molar-refractivity contribution in [2.45, 2.75) is 29.8 Å². The molecule has 0 aliphatic rings. The Morgan fingerprint density at radius 2 is 2.00 bits per heavy atom. The average Bonchev–Trinajstić information content (AvgIpc) is 2.86. The van der Waals surface area contributed by atoms with Crippen molar-refractivity contribution in [3.05, 3.63) is 42.4 Å². The van der Waals surface area contributed by atoms with Gasteiger partial charge in [-0.1, -0.05) is 32.0 Å². The van der Waals surface area contributed by atoms with Crippen molar-refractivity contribution in [3.63, 3.8) is 0 Å². The maximum absolute atomic E-state index is 4.44. The van der Waals surface area contributed by atoms with Crippen molar-refractivity contribution < 1.29 is 0 Å². The molecule has 0 saturated heterocycles. The van der Waals surface area contributed by atoms with Gasteiger partial charge >= 0.3 is 0 Å². The highest BCUT2D eigenvalue weighted by molar-refractivity contribution is 7.99. The molecular formula is C14H14N4S. The van der Waals surface area contributed by atoms with E-state index in [2.05, 4.69) is 52.0 Å². The van der Waals surface area contributed by atoms with E-state index in [1.54, 1.807) is 24.3 Å². The highest BCUT2D eigenvalue weighted by Gasteiger charge is 2.09. The van der Waals surface area contributed by atoms with Crippen LogP contribution >= 0.6 is 11.8 Å². The van der Waals surface area contributed by atoms with Crippen LogP contribution in [0.1, 0.15) is 25.3 Å². The largest absolute Gasteiger partial charge is 0.342 e. The minimum absolute atomic E-state index is 0.484. The Balaban J connectivity index is 1.96. The fourth-order valence-corrected chi connectivity index (χ4v) is 2.92. The maximum Gasteiger partial charge on any atom is 0.194 e. The van der Waals surface area contributed by atoms with Gasteiger partial charge in [-0.3, -0.25) is 0 Å². The molecule has 0 unspecified atom stereocenters. The van der Waals surface area contributed by atoms with Crippen LogP contribution in [0.5, 0.6) is 0 Å². The van der Waals surface area contributed by atoms with Crippen LogP contribution in [-0.4, -0.2) is 19.9 Å². The van der Waals surface area contributed by atoms with E-state index in [0.29, 0.717) is 11.6 Å². The van der Waals surface area contributed by atoms with Crippen LogP contribution in [0.4, 0.5) is 0 Å². The first-order chi connectivity index (χ1) is 9.24. The first-order valence-corrected chi connectivity index (χ1v) is 6.98. The van der Waals surface area contributed by atoms with E-state index in [9.17, 15) is 0 Å². The summed E-state index contributed by atoms with van der Waals surface area (Å²) in [6.07, 6.45) is 3.41. The van der Waals surface area contributed by atoms with Crippen molar-refractivity contribution in [2.75, 3.05) is 0 Å². The molecule has 0 atom stereocenters. The summed E-state index contributed by atoms with van der Waals surface area (Å²) in [7, 11) is 0. The van der Waals surface area contributed by atoms with Crippen LogP contribution in [0.2, 0.25) is 0 Å². The molecule has 1 N–H and O–H groups in total. The van der Waals surface area contributed by atoms with Crippen LogP contribution in [0.3, 0.4) is 0 Å². The quantitative estimate of drug-likeness (QED) is 0.738. The monoisotopic (exact) mass is 270 g/mol. The number of nitrogens with one attached hydrogen (secondary N) is 1. The standard InChI is InChI=1S/C14H14N4S/c1-9(2)10-5-3-4-6-12(10)19-14-15-7-11-13(18-14)17-8-16-11/h3-9H,1-2H3,(H,15,16,17,18). The second-order valence-corrected chi connectivity index (χ2v) is 5.60. The molecule has 0 aliphatic heterocycles. The number of fused-ring (bicyclic) bond motifs is 1. The van der Waals surface area contributed by atoms with Gasteiger partial charge in [-0.25, -0.2) is 15.0 Å². The fraction of sp³-hybridized carbons (Fsp3) is 0.214. The van der Waals surface area contributed by atoms with Gasteiger partial charge in [0, 0.05) is 4.90 Å². The molecule has 0 aliphatic carbocycles. The topological polar surface area (TPSA) is 54.5 Å². The molecule has 0 amide bonds. The smallest absolute Gasteiger partial charge is 0.194 e. The maximum atomic E-state index is 4.44. The molecule has 5 heteroatoms. The highest BCUT2D eigenvalue weighted by atomic mass is 32.2. The van der Waals surface area contributed by atoms with Gasteiger partial charge in [0.25, 0.3) is 0 Å². The van der Waals surface area contributed by atoms with Gasteiger partial charge in [-0.15, -0.1) is 0 Å². The third kappa shape index (κ3) is 2.46. The Hall–Kier alpha value is -1.88. The van der Waals surface area contributed by atoms with Gasteiger partial charge in [0.1, 0.15) is 5.52 Å². The third-order valence-corrected chi connectivity index (χ3v) is 3.87. The van der Waals surface area contributed by atoms with E-state index in [-0.39, 0.29) is 0 Å². The fourth-order valence-electron chi connectivity index (χ4n) is 1.92. The Morgan fingerprint density at radius 3 is 2.84 bits per heavy atom. The van der Waals surface area contributed by atoms with E-state index >= 15 is 0 Å². The van der Waals surface area contributed by atoms with Gasteiger partial charge in [0.2, 0.25) is 0 Å². The first kappa shape index (κ1) is 12.2. The summed E-state index contributed by atoms with van der Waals surface area (Å²) in [4.78, 5) is 17.2. The van der Waals surface area contributed by atoms with Crippen LogP contribution in [-0.2, 0) is 0 Å². The van der Waals surface area contributed by atoms with Crippen molar-refractivity contribution in [1.82, 2.24) is 19.9 Å². The van der Waals surface area contributed by atoms with Crippen molar-refractivity contribution in [1.29, 1.82) is 0 Å². The second kappa shape index (κ2) is 5.01. The zero-order chi connectivity index (χ0) is 13.2. The lowest BCUT2D eigenvalue weighted by atomic mass is 10.0. The Kier molecular flexibility index (Phi) is 3.21. The average molecular weight is 270 g/mol. The van der Waals surface area contributed by atoms with Gasteiger partial charge in [0.05, 0.1) is 12.5 Å².